The summed E-state index contributed by atoms with van der Waals surface area (Å²) in [4.78, 5) is 11.1. The zero-order valence-corrected chi connectivity index (χ0v) is 14.4. The van der Waals surface area contributed by atoms with Gasteiger partial charge < -0.3 is 4.74 Å². The van der Waals surface area contributed by atoms with Crippen LogP contribution in [-0.2, 0) is 11.3 Å². The van der Waals surface area contributed by atoms with Crippen molar-refractivity contribution in [3.63, 3.8) is 0 Å². The first-order valence-electron chi connectivity index (χ1n) is 8.81. The molecule has 0 N–H and O–H groups in total. The van der Waals surface area contributed by atoms with Crippen LogP contribution >= 0.6 is 0 Å². The molecule has 124 valence electrons. The number of pyridine rings is 1. The Morgan fingerprint density at radius 1 is 1.04 bits per heavy atom. The number of unbranched alkanes of at least 4 members (excludes halogenated alkanes) is 6. The normalized spacial score (nSPS) is 10.9. The van der Waals surface area contributed by atoms with Gasteiger partial charge in [0.15, 0.2) is 6.20 Å². The monoisotopic (exact) mass is 314 g/mol. The number of carbonyl (C=O) groups excluding carboxylic acids is 1. The highest BCUT2D eigenvalue weighted by molar-refractivity contribution is 5.78. The summed E-state index contributed by atoms with van der Waals surface area (Å²) in [7, 11) is 0. The van der Waals surface area contributed by atoms with Gasteiger partial charge in [0.2, 0.25) is 5.52 Å². The van der Waals surface area contributed by atoms with E-state index in [9.17, 15) is 4.79 Å². The molecule has 0 saturated carbocycles. The molecule has 2 aromatic rings. The van der Waals surface area contributed by atoms with Crippen LogP contribution in [0.5, 0.6) is 5.75 Å². The Morgan fingerprint density at radius 2 is 1.78 bits per heavy atom. The van der Waals surface area contributed by atoms with Gasteiger partial charge >= 0.3 is 5.97 Å². The van der Waals surface area contributed by atoms with Crippen molar-refractivity contribution in [2.45, 2.75) is 65.3 Å². The lowest BCUT2D eigenvalue weighted by Gasteiger charge is -2.05. The molecule has 0 aliphatic carbocycles. The fraction of sp³-hybridized carbons (Fsp3) is 0.500. The lowest BCUT2D eigenvalue weighted by molar-refractivity contribution is -0.671. The van der Waals surface area contributed by atoms with Crippen LogP contribution in [0, 0.1) is 0 Å². The second-order valence-electron chi connectivity index (χ2n) is 6.14. The molecule has 2 rings (SSSR count). The smallest absolute Gasteiger partial charge is 0.308 e. The predicted octanol–water partition coefficient (Wildman–Crippen LogP) is 4.80. The van der Waals surface area contributed by atoms with Gasteiger partial charge in [-0.3, -0.25) is 4.79 Å². The number of hydrogen-bond donors (Lipinski definition) is 0. The number of rotatable bonds is 9. The van der Waals surface area contributed by atoms with E-state index in [2.05, 4.69) is 29.8 Å². The molecule has 0 atom stereocenters. The molecule has 3 nitrogen and oxygen atoms in total. The molecule has 0 bridgehead atoms. The summed E-state index contributed by atoms with van der Waals surface area (Å²) in [6.07, 6.45) is 11.3. The Hall–Kier alpha value is -1.90. The lowest BCUT2D eigenvalue weighted by atomic mass is 10.1. The summed E-state index contributed by atoms with van der Waals surface area (Å²) >= 11 is 0. The van der Waals surface area contributed by atoms with E-state index in [-0.39, 0.29) is 5.97 Å². The van der Waals surface area contributed by atoms with Crippen molar-refractivity contribution in [3.8, 4) is 5.75 Å². The summed E-state index contributed by atoms with van der Waals surface area (Å²) in [5, 5.41) is 1.17. The van der Waals surface area contributed by atoms with Crippen LogP contribution in [0.3, 0.4) is 0 Å². The molecule has 1 aromatic carbocycles. The number of hydrogen-bond acceptors (Lipinski definition) is 2. The quantitative estimate of drug-likeness (QED) is 0.288. The minimum absolute atomic E-state index is 0.279. The molecule has 1 aromatic heterocycles. The Bertz CT molecular complexity index is 637. The van der Waals surface area contributed by atoms with Crippen LogP contribution < -0.4 is 9.30 Å². The fourth-order valence-corrected chi connectivity index (χ4v) is 2.91. The van der Waals surface area contributed by atoms with Crippen LogP contribution in [0.4, 0.5) is 0 Å². The Morgan fingerprint density at radius 3 is 2.52 bits per heavy atom. The topological polar surface area (TPSA) is 30.2 Å². The van der Waals surface area contributed by atoms with E-state index in [0.717, 1.165) is 12.1 Å². The summed E-state index contributed by atoms with van der Waals surface area (Å²) < 4.78 is 7.46. The van der Waals surface area contributed by atoms with Crippen molar-refractivity contribution >= 4 is 16.9 Å². The summed E-state index contributed by atoms with van der Waals surface area (Å²) in [5.74, 6) is 0.337. The largest absolute Gasteiger partial charge is 0.426 e. The number of ether oxygens (including phenoxy) is 1. The number of aryl methyl sites for hydroxylation is 1. The van der Waals surface area contributed by atoms with Crippen LogP contribution in [0.25, 0.3) is 10.9 Å². The number of benzene rings is 1. The number of carbonyl (C=O) groups is 1. The molecular formula is C20H28NO2+. The van der Waals surface area contributed by atoms with Crippen molar-refractivity contribution in [2.24, 2.45) is 0 Å². The minimum Gasteiger partial charge on any atom is -0.426 e. The second kappa shape index (κ2) is 9.29. The van der Waals surface area contributed by atoms with Gasteiger partial charge in [0.1, 0.15) is 12.3 Å². The predicted molar refractivity (Wildman–Crippen MR) is 93.4 cm³/mol. The van der Waals surface area contributed by atoms with Gasteiger partial charge in [-0.1, -0.05) is 39.0 Å². The van der Waals surface area contributed by atoms with Gasteiger partial charge in [-0.25, -0.2) is 0 Å². The number of aromatic nitrogens is 1. The fourth-order valence-electron chi connectivity index (χ4n) is 2.91. The molecule has 0 amide bonds. The molecule has 0 fully saturated rings. The maximum atomic E-state index is 11.1. The van der Waals surface area contributed by atoms with Crippen molar-refractivity contribution < 1.29 is 14.1 Å². The maximum absolute atomic E-state index is 11.1. The van der Waals surface area contributed by atoms with Crippen LogP contribution in [0.1, 0.15) is 58.8 Å². The zero-order chi connectivity index (χ0) is 16.5. The maximum Gasteiger partial charge on any atom is 0.308 e. The highest BCUT2D eigenvalue weighted by Crippen LogP contribution is 2.18. The highest BCUT2D eigenvalue weighted by atomic mass is 16.5. The van der Waals surface area contributed by atoms with E-state index in [4.69, 9.17) is 4.74 Å². The molecule has 0 aliphatic rings. The van der Waals surface area contributed by atoms with Gasteiger partial charge in [0.05, 0.1) is 6.07 Å². The summed E-state index contributed by atoms with van der Waals surface area (Å²) in [6.45, 7) is 4.69. The van der Waals surface area contributed by atoms with Crippen molar-refractivity contribution in [1.82, 2.24) is 0 Å². The van der Waals surface area contributed by atoms with Crippen molar-refractivity contribution in [1.29, 1.82) is 0 Å². The summed E-state index contributed by atoms with van der Waals surface area (Å²) in [5.41, 5.74) is 1.12. The van der Waals surface area contributed by atoms with E-state index in [0.29, 0.717) is 5.75 Å². The SMILES string of the molecule is CCCCCCCCC[n+]1cccc2ccc(OC(C)=O)cc21. The van der Waals surface area contributed by atoms with Crippen LogP contribution in [-0.4, -0.2) is 5.97 Å². The Labute approximate surface area is 139 Å². The van der Waals surface area contributed by atoms with E-state index in [1.165, 1.54) is 57.3 Å². The van der Waals surface area contributed by atoms with Crippen LogP contribution in [0.2, 0.25) is 0 Å². The number of esters is 1. The molecule has 0 saturated heterocycles. The first-order valence-corrected chi connectivity index (χ1v) is 8.81. The third kappa shape index (κ3) is 5.66. The van der Waals surface area contributed by atoms with Crippen molar-refractivity contribution in [2.75, 3.05) is 0 Å². The Balaban J connectivity index is 1.95. The van der Waals surface area contributed by atoms with Crippen LogP contribution in [0.15, 0.2) is 36.5 Å². The standard InChI is InChI=1S/C20H28NO2/c1-3-4-5-6-7-8-9-14-21-15-10-11-18-12-13-19(16-20(18)21)23-17(2)22/h10-13,15-16H,3-9,14H2,1-2H3/q+1. The van der Waals surface area contributed by atoms with Gasteiger partial charge in [0.25, 0.3) is 0 Å². The number of nitrogens with zero attached hydrogens (tertiary/aromatic N) is 1. The Kier molecular flexibility index (Phi) is 7.05. The van der Waals surface area contributed by atoms with Gasteiger partial charge in [0, 0.05) is 24.8 Å². The third-order valence-electron chi connectivity index (χ3n) is 4.12. The van der Waals surface area contributed by atoms with E-state index < -0.39 is 0 Å². The zero-order valence-electron chi connectivity index (χ0n) is 14.4. The summed E-state index contributed by atoms with van der Waals surface area (Å²) in [6, 6.07) is 9.98. The second-order valence-corrected chi connectivity index (χ2v) is 6.14. The third-order valence-corrected chi connectivity index (χ3v) is 4.12. The van der Waals surface area contributed by atoms with E-state index in [1.807, 2.05) is 18.2 Å². The van der Waals surface area contributed by atoms with E-state index in [1.54, 1.807) is 0 Å². The average molecular weight is 314 g/mol. The molecule has 0 spiro atoms. The first-order chi connectivity index (χ1) is 11.2. The van der Waals surface area contributed by atoms with Gasteiger partial charge in [-0.05, 0) is 24.6 Å². The highest BCUT2D eigenvalue weighted by Gasteiger charge is 2.10. The molecule has 23 heavy (non-hydrogen) atoms. The number of fused-ring (bicyclic) bond motifs is 1. The lowest BCUT2D eigenvalue weighted by Crippen LogP contribution is -2.34. The molecule has 0 unspecified atom stereocenters. The average Bonchev–Trinajstić information content (AvgIpc) is 2.53. The first kappa shape index (κ1) is 17.5. The molecule has 0 radical (unpaired) electrons. The molecule has 1 heterocycles. The minimum atomic E-state index is -0.279. The van der Waals surface area contributed by atoms with Crippen molar-refractivity contribution in [3.05, 3.63) is 36.5 Å². The molecular weight excluding hydrogens is 286 g/mol. The van der Waals surface area contributed by atoms with E-state index >= 15 is 0 Å². The van der Waals surface area contributed by atoms with Gasteiger partial charge in [-0.2, -0.15) is 4.57 Å². The molecule has 0 aliphatic heterocycles. The molecule has 3 heteroatoms. The van der Waals surface area contributed by atoms with Gasteiger partial charge in [-0.15, -0.1) is 0 Å².